The van der Waals surface area contributed by atoms with Crippen molar-refractivity contribution in [2.24, 2.45) is 0 Å². The molecule has 2 fully saturated rings. The van der Waals surface area contributed by atoms with Crippen molar-refractivity contribution in [2.75, 3.05) is 6.61 Å². The number of benzene rings is 2. The molecule has 0 bridgehead atoms. The molecule has 33 heavy (non-hydrogen) atoms. The van der Waals surface area contributed by atoms with Gasteiger partial charge in [0.1, 0.15) is 30.0 Å². The van der Waals surface area contributed by atoms with Crippen molar-refractivity contribution in [2.45, 2.75) is 50.6 Å². The van der Waals surface area contributed by atoms with Crippen LogP contribution in [0, 0.1) is 0 Å². The predicted octanol–water partition coefficient (Wildman–Crippen LogP) is 4.26. The van der Waals surface area contributed by atoms with Crippen molar-refractivity contribution < 1.29 is 19.0 Å². The maximum Gasteiger partial charge on any atom is 0.302 e. The number of esters is 1. The fraction of sp³-hybridized carbons (Fsp3) is 0.360. The monoisotopic (exact) mass is 444 g/mol. The molecule has 2 aromatic carbocycles. The van der Waals surface area contributed by atoms with Gasteiger partial charge in [-0.25, -0.2) is 14.6 Å². The van der Waals surface area contributed by atoms with E-state index in [-0.39, 0.29) is 12.6 Å². The zero-order chi connectivity index (χ0) is 22.4. The highest BCUT2D eigenvalue weighted by Crippen LogP contribution is 2.48. The summed E-state index contributed by atoms with van der Waals surface area (Å²) < 4.78 is 20.1. The molecule has 168 valence electrons. The number of nitrogens with zero attached hydrogens (tertiary/aromatic N) is 4. The SMILES string of the molecule is CC(=O)OC[C@@H]1OC2(CCCC2)O[C@H]1c1nn(-c2ccccc2)c2nc3ccccc3nc12. The number of fused-ring (bicyclic) bond motifs is 2. The molecule has 2 aliphatic rings. The van der Waals surface area contributed by atoms with Crippen molar-refractivity contribution in [3.05, 3.63) is 60.3 Å². The second-order valence-corrected chi connectivity index (χ2v) is 8.63. The Morgan fingerprint density at radius 3 is 2.45 bits per heavy atom. The van der Waals surface area contributed by atoms with Crippen molar-refractivity contribution >= 4 is 28.2 Å². The molecule has 1 spiro atoms. The standard InChI is InChI=1S/C25H24N4O4/c1-16(30)31-15-20-23(33-25(32-20)13-7-8-14-25)21-22-24(27-19-12-6-5-11-18(19)26-22)29(28-21)17-9-3-2-4-10-17/h2-6,9-12,20,23H,7-8,13-15H2,1H3/t20-,23+/m0/s1. The van der Waals surface area contributed by atoms with Gasteiger partial charge in [0.15, 0.2) is 11.4 Å². The van der Waals surface area contributed by atoms with Gasteiger partial charge in [-0.15, -0.1) is 0 Å². The van der Waals surface area contributed by atoms with Crippen LogP contribution in [0.3, 0.4) is 0 Å². The highest BCUT2D eigenvalue weighted by Gasteiger charge is 2.51. The Morgan fingerprint density at radius 1 is 1.03 bits per heavy atom. The summed E-state index contributed by atoms with van der Waals surface area (Å²) in [6, 6.07) is 17.6. The molecule has 8 heteroatoms. The molecule has 0 N–H and O–H groups in total. The fourth-order valence-corrected chi connectivity index (χ4v) is 4.83. The molecule has 1 saturated carbocycles. The minimum atomic E-state index is -0.664. The molecule has 1 aliphatic carbocycles. The Morgan fingerprint density at radius 2 is 1.73 bits per heavy atom. The summed E-state index contributed by atoms with van der Waals surface area (Å²) in [7, 11) is 0. The predicted molar refractivity (Wildman–Crippen MR) is 121 cm³/mol. The van der Waals surface area contributed by atoms with Gasteiger partial charge in [-0.2, -0.15) is 5.10 Å². The van der Waals surface area contributed by atoms with Crippen LogP contribution < -0.4 is 0 Å². The molecular formula is C25H24N4O4. The minimum Gasteiger partial charge on any atom is -0.463 e. The summed E-state index contributed by atoms with van der Waals surface area (Å²) in [5.74, 6) is -1.02. The first-order valence-electron chi connectivity index (χ1n) is 11.3. The molecule has 0 radical (unpaired) electrons. The van der Waals surface area contributed by atoms with E-state index in [9.17, 15) is 4.79 Å². The second-order valence-electron chi connectivity index (χ2n) is 8.63. The van der Waals surface area contributed by atoms with E-state index in [1.54, 1.807) is 4.68 Å². The fourth-order valence-electron chi connectivity index (χ4n) is 4.83. The topological polar surface area (TPSA) is 88.4 Å². The van der Waals surface area contributed by atoms with Crippen LogP contribution in [0.15, 0.2) is 54.6 Å². The van der Waals surface area contributed by atoms with Crippen LogP contribution in [-0.2, 0) is 19.0 Å². The molecule has 3 heterocycles. The summed E-state index contributed by atoms with van der Waals surface area (Å²) in [4.78, 5) is 21.4. The van der Waals surface area contributed by atoms with Crippen molar-refractivity contribution in [3.63, 3.8) is 0 Å². The summed E-state index contributed by atoms with van der Waals surface area (Å²) in [5.41, 5.74) is 4.41. The lowest BCUT2D eigenvalue weighted by molar-refractivity contribution is -0.175. The van der Waals surface area contributed by atoms with E-state index in [0.29, 0.717) is 16.9 Å². The van der Waals surface area contributed by atoms with E-state index in [1.165, 1.54) is 6.92 Å². The summed E-state index contributed by atoms with van der Waals surface area (Å²) >= 11 is 0. The van der Waals surface area contributed by atoms with Crippen LogP contribution in [-0.4, -0.2) is 44.2 Å². The zero-order valence-electron chi connectivity index (χ0n) is 18.3. The van der Waals surface area contributed by atoms with Crippen LogP contribution in [0.2, 0.25) is 0 Å². The lowest BCUT2D eigenvalue weighted by atomic mass is 10.1. The number of hydrogen-bond donors (Lipinski definition) is 0. The number of rotatable bonds is 4. The van der Waals surface area contributed by atoms with Gasteiger partial charge >= 0.3 is 5.97 Å². The van der Waals surface area contributed by atoms with Gasteiger partial charge in [0.2, 0.25) is 0 Å². The lowest BCUT2D eigenvalue weighted by Gasteiger charge is -2.21. The summed E-state index contributed by atoms with van der Waals surface area (Å²) in [6.45, 7) is 1.50. The molecule has 6 rings (SSSR count). The third-order valence-electron chi connectivity index (χ3n) is 6.34. The molecule has 0 amide bonds. The first-order valence-corrected chi connectivity index (χ1v) is 11.3. The summed E-state index contributed by atoms with van der Waals surface area (Å²) in [5, 5.41) is 4.94. The Balaban J connectivity index is 1.52. The molecule has 4 aromatic rings. The Labute approximate surface area is 190 Å². The van der Waals surface area contributed by atoms with E-state index in [4.69, 9.17) is 29.3 Å². The lowest BCUT2D eigenvalue weighted by Crippen LogP contribution is -2.28. The van der Waals surface area contributed by atoms with Crippen LogP contribution in [0.4, 0.5) is 0 Å². The first kappa shape index (κ1) is 20.3. The van der Waals surface area contributed by atoms with Gasteiger partial charge in [0.25, 0.3) is 0 Å². The quantitative estimate of drug-likeness (QED) is 0.435. The van der Waals surface area contributed by atoms with Gasteiger partial charge in [-0.3, -0.25) is 4.79 Å². The Hall–Kier alpha value is -3.36. The van der Waals surface area contributed by atoms with E-state index in [0.717, 1.165) is 42.4 Å². The van der Waals surface area contributed by atoms with Gasteiger partial charge in [-0.05, 0) is 37.1 Å². The first-order chi connectivity index (χ1) is 16.1. The molecule has 8 nitrogen and oxygen atoms in total. The van der Waals surface area contributed by atoms with E-state index >= 15 is 0 Å². The van der Waals surface area contributed by atoms with Gasteiger partial charge in [0.05, 0.1) is 16.7 Å². The molecule has 2 atom stereocenters. The van der Waals surface area contributed by atoms with Crippen molar-refractivity contribution in [1.29, 1.82) is 0 Å². The number of carbonyl (C=O) groups excluding carboxylic acids is 1. The number of para-hydroxylation sites is 3. The highest BCUT2D eigenvalue weighted by molar-refractivity contribution is 5.86. The van der Waals surface area contributed by atoms with Crippen LogP contribution in [0.1, 0.15) is 44.4 Å². The smallest absolute Gasteiger partial charge is 0.302 e. The van der Waals surface area contributed by atoms with Crippen LogP contribution in [0.5, 0.6) is 0 Å². The molecule has 1 aliphatic heterocycles. The van der Waals surface area contributed by atoms with Crippen LogP contribution in [0.25, 0.3) is 27.9 Å². The Bertz CT molecular complexity index is 1330. The maximum absolute atomic E-state index is 11.5. The van der Waals surface area contributed by atoms with Gasteiger partial charge < -0.3 is 14.2 Å². The summed E-state index contributed by atoms with van der Waals surface area (Å²) in [6.07, 6.45) is 2.71. The number of hydrogen-bond acceptors (Lipinski definition) is 7. The zero-order valence-corrected chi connectivity index (χ0v) is 18.3. The van der Waals surface area contributed by atoms with E-state index in [2.05, 4.69) is 0 Å². The minimum absolute atomic E-state index is 0.0997. The average molecular weight is 444 g/mol. The van der Waals surface area contributed by atoms with Crippen molar-refractivity contribution in [3.8, 4) is 5.69 Å². The normalized spacial score (nSPS) is 21.8. The van der Waals surface area contributed by atoms with E-state index < -0.39 is 18.0 Å². The molecule has 2 aromatic heterocycles. The highest BCUT2D eigenvalue weighted by atomic mass is 16.8. The number of carbonyl (C=O) groups is 1. The van der Waals surface area contributed by atoms with Gasteiger partial charge in [0, 0.05) is 19.8 Å². The molecule has 1 saturated heterocycles. The largest absolute Gasteiger partial charge is 0.463 e. The Kier molecular flexibility index (Phi) is 4.85. The molecule has 0 unspecified atom stereocenters. The number of ether oxygens (including phenoxy) is 3. The third kappa shape index (κ3) is 3.55. The van der Waals surface area contributed by atoms with Gasteiger partial charge in [-0.1, -0.05) is 30.3 Å². The number of aromatic nitrogens is 4. The average Bonchev–Trinajstić information content (AvgIpc) is 3.54. The van der Waals surface area contributed by atoms with Crippen molar-refractivity contribution in [1.82, 2.24) is 19.7 Å². The third-order valence-corrected chi connectivity index (χ3v) is 6.34. The van der Waals surface area contributed by atoms with E-state index in [1.807, 2.05) is 54.6 Å². The maximum atomic E-state index is 11.5. The second kappa shape index (κ2) is 7.90. The van der Waals surface area contributed by atoms with Crippen LogP contribution >= 0.6 is 0 Å². The molecular weight excluding hydrogens is 420 g/mol.